The van der Waals surface area contributed by atoms with Crippen molar-refractivity contribution in [3.8, 4) is 5.75 Å². The Morgan fingerprint density at radius 1 is 1.35 bits per heavy atom. The van der Waals surface area contributed by atoms with Crippen molar-refractivity contribution in [2.24, 2.45) is 5.92 Å². The first kappa shape index (κ1) is 14.8. The van der Waals surface area contributed by atoms with E-state index in [9.17, 15) is 4.79 Å². The molecule has 0 unspecified atom stereocenters. The van der Waals surface area contributed by atoms with Crippen LogP contribution in [0, 0.1) is 5.92 Å². The van der Waals surface area contributed by atoms with Gasteiger partial charge in [0.1, 0.15) is 12.4 Å². The Hall–Kier alpha value is -1.59. The summed E-state index contributed by atoms with van der Waals surface area (Å²) in [7, 11) is 0. The molecule has 0 spiro atoms. The molecule has 1 aromatic carbocycles. The normalized spacial score (nSPS) is 15.8. The van der Waals surface area contributed by atoms with E-state index in [-0.39, 0.29) is 25.0 Å². The summed E-state index contributed by atoms with van der Waals surface area (Å²) in [6.45, 7) is 2.53. The monoisotopic (exact) mass is 278 g/mol. The second-order valence-corrected chi connectivity index (χ2v) is 4.92. The van der Waals surface area contributed by atoms with E-state index in [0.29, 0.717) is 12.3 Å². The van der Waals surface area contributed by atoms with Crippen molar-refractivity contribution in [1.29, 1.82) is 0 Å². The zero-order valence-electron chi connectivity index (χ0n) is 11.6. The number of hydrogen-bond acceptors (Lipinski definition) is 4. The molecule has 1 aliphatic rings. The molecule has 1 saturated heterocycles. The fraction of sp³-hybridized carbons (Fsp3) is 0.533. The van der Waals surface area contributed by atoms with Gasteiger partial charge in [-0.1, -0.05) is 18.2 Å². The van der Waals surface area contributed by atoms with E-state index in [1.54, 1.807) is 0 Å². The molecule has 1 heterocycles. The zero-order valence-corrected chi connectivity index (χ0v) is 11.6. The number of aliphatic hydroxyl groups is 1. The lowest BCUT2D eigenvalue weighted by Crippen LogP contribution is -2.37. The van der Waals surface area contributed by atoms with Crippen molar-refractivity contribution in [2.45, 2.75) is 19.4 Å². The predicted molar refractivity (Wildman–Crippen MR) is 76.5 cm³/mol. The van der Waals surface area contributed by atoms with Crippen LogP contribution in [0.15, 0.2) is 24.3 Å². The van der Waals surface area contributed by atoms with E-state index >= 15 is 0 Å². The summed E-state index contributed by atoms with van der Waals surface area (Å²) in [6.07, 6.45) is 1.79. The van der Waals surface area contributed by atoms with Gasteiger partial charge < -0.3 is 20.5 Å². The Morgan fingerprint density at radius 3 is 2.85 bits per heavy atom. The van der Waals surface area contributed by atoms with Gasteiger partial charge in [0.05, 0.1) is 6.61 Å². The van der Waals surface area contributed by atoms with E-state index in [2.05, 4.69) is 10.6 Å². The van der Waals surface area contributed by atoms with Crippen LogP contribution in [-0.2, 0) is 11.3 Å². The third kappa shape index (κ3) is 4.21. The Kier molecular flexibility index (Phi) is 5.83. The maximum absolute atomic E-state index is 12.1. The minimum atomic E-state index is -0.0181. The first-order valence-corrected chi connectivity index (χ1v) is 7.11. The van der Waals surface area contributed by atoms with Gasteiger partial charge in [-0.3, -0.25) is 4.79 Å². The SMILES string of the molecule is O=C(NCc1ccccc1OCCO)C1CCNCC1. The molecule has 0 saturated carbocycles. The lowest BCUT2D eigenvalue weighted by Gasteiger charge is -2.22. The number of carbonyl (C=O) groups excluding carboxylic acids is 1. The highest BCUT2D eigenvalue weighted by Crippen LogP contribution is 2.18. The van der Waals surface area contributed by atoms with Gasteiger partial charge in [0.2, 0.25) is 5.91 Å². The quantitative estimate of drug-likeness (QED) is 0.715. The van der Waals surface area contributed by atoms with Crippen molar-refractivity contribution < 1.29 is 14.6 Å². The minimum absolute atomic E-state index is 0.0181. The molecule has 1 aromatic rings. The Labute approximate surface area is 119 Å². The fourth-order valence-corrected chi connectivity index (χ4v) is 2.36. The molecule has 0 radical (unpaired) electrons. The summed E-state index contributed by atoms with van der Waals surface area (Å²) < 4.78 is 5.45. The number of ether oxygens (including phenoxy) is 1. The molecule has 3 N–H and O–H groups in total. The highest BCUT2D eigenvalue weighted by molar-refractivity contribution is 5.78. The molecule has 5 heteroatoms. The number of para-hydroxylation sites is 1. The standard InChI is InChI=1S/C15H22N2O3/c18-9-10-20-14-4-2-1-3-13(14)11-17-15(19)12-5-7-16-8-6-12/h1-4,12,16,18H,5-11H2,(H,17,19). The largest absolute Gasteiger partial charge is 0.491 e. The lowest BCUT2D eigenvalue weighted by molar-refractivity contribution is -0.125. The summed E-state index contributed by atoms with van der Waals surface area (Å²) >= 11 is 0. The lowest BCUT2D eigenvalue weighted by atomic mass is 9.97. The number of aliphatic hydroxyl groups excluding tert-OH is 1. The maximum atomic E-state index is 12.1. The molecular formula is C15H22N2O3. The van der Waals surface area contributed by atoms with E-state index in [4.69, 9.17) is 9.84 Å². The van der Waals surface area contributed by atoms with Crippen molar-refractivity contribution in [3.63, 3.8) is 0 Å². The summed E-state index contributed by atoms with van der Waals surface area (Å²) in [4.78, 5) is 12.1. The molecule has 1 aliphatic heterocycles. The molecule has 1 amide bonds. The van der Waals surface area contributed by atoms with Crippen LogP contribution in [0.25, 0.3) is 0 Å². The molecule has 110 valence electrons. The zero-order chi connectivity index (χ0) is 14.2. The van der Waals surface area contributed by atoms with E-state index in [0.717, 1.165) is 31.5 Å². The third-order valence-corrected chi connectivity index (χ3v) is 3.48. The van der Waals surface area contributed by atoms with Crippen LogP contribution in [0.1, 0.15) is 18.4 Å². The van der Waals surface area contributed by atoms with Crippen LogP contribution in [0.3, 0.4) is 0 Å². The number of rotatable bonds is 6. The van der Waals surface area contributed by atoms with Gasteiger partial charge in [-0.05, 0) is 32.0 Å². The Bertz CT molecular complexity index is 431. The van der Waals surface area contributed by atoms with Crippen molar-refractivity contribution >= 4 is 5.91 Å². The van der Waals surface area contributed by atoms with Gasteiger partial charge in [-0.15, -0.1) is 0 Å². The van der Waals surface area contributed by atoms with Gasteiger partial charge in [0, 0.05) is 18.0 Å². The number of benzene rings is 1. The second kappa shape index (κ2) is 7.87. The van der Waals surface area contributed by atoms with Gasteiger partial charge in [-0.25, -0.2) is 0 Å². The molecule has 0 aliphatic carbocycles. The van der Waals surface area contributed by atoms with E-state index < -0.39 is 0 Å². The first-order chi connectivity index (χ1) is 9.81. The van der Waals surface area contributed by atoms with Crippen LogP contribution < -0.4 is 15.4 Å². The average Bonchev–Trinajstić information content (AvgIpc) is 2.52. The number of nitrogens with one attached hydrogen (secondary N) is 2. The van der Waals surface area contributed by atoms with Crippen LogP contribution in [-0.4, -0.2) is 37.3 Å². The van der Waals surface area contributed by atoms with Crippen LogP contribution in [0.4, 0.5) is 0 Å². The summed E-state index contributed by atoms with van der Waals surface area (Å²) in [5, 5.41) is 15.0. The average molecular weight is 278 g/mol. The summed E-state index contributed by atoms with van der Waals surface area (Å²) in [5.41, 5.74) is 0.934. The molecule has 0 atom stereocenters. The number of hydrogen-bond donors (Lipinski definition) is 3. The predicted octanol–water partition coefficient (Wildman–Crippen LogP) is 0.673. The van der Waals surface area contributed by atoms with E-state index in [1.807, 2.05) is 24.3 Å². The van der Waals surface area contributed by atoms with Crippen molar-refractivity contribution in [2.75, 3.05) is 26.3 Å². The minimum Gasteiger partial charge on any atom is -0.491 e. The summed E-state index contributed by atoms with van der Waals surface area (Å²) in [6, 6.07) is 7.57. The molecule has 2 rings (SSSR count). The molecule has 20 heavy (non-hydrogen) atoms. The Morgan fingerprint density at radius 2 is 2.10 bits per heavy atom. The number of amides is 1. The van der Waals surface area contributed by atoms with Crippen molar-refractivity contribution in [3.05, 3.63) is 29.8 Å². The molecule has 5 nitrogen and oxygen atoms in total. The number of carbonyl (C=O) groups is 1. The van der Waals surface area contributed by atoms with Gasteiger partial charge in [0.15, 0.2) is 0 Å². The third-order valence-electron chi connectivity index (χ3n) is 3.48. The highest BCUT2D eigenvalue weighted by Gasteiger charge is 2.20. The molecule has 0 aromatic heterocycles. The first-order valence-electron chi connectivity index (χ1n) is 7.11. The second-order valence-electron chi connectivity index (χ2n) is 4.92. The van der Waals surface area contributed by atoms with Crippen LogP contribution >= 0.6 is 0 Å². The van der Waals surface area contributed by atoms with Gasteiger partial charge >= 0.3 is 0 Å². The molecular weight excluding hydrogens is 256 g/mol. The summed E-state index contributed by atoms with van der Waals surface area (Å²) in [5.74, 6) is 0.942. The van der Waals surface area contributed by atoms with Crippen LogP contribution in [0.2, 0.25) is 0 Å². The molecule has 0 bridgehead atoms. The van der Waals surface area contributed by atoms with Crippen molar-refractivity contribution in [1.82, 2.24) is 10.6 Å². The van der Waals surface area contributed by atoms with Crippen LogP contribution in [0.5, 0.6) is 5.75 Å². The highest BCUT2D eigenvalue weighted by atomic mass is 16.5. The maximum Gasteiger partial charge on any atom is 0.223 e. The fourth-order valence-electron chi connectivity index (χ4n) is 2.36. The molecule has 1 fully saturated rings. The smallest absolute Gasteiger partial charge is 0.223 e. The van der Waals surface area contributed by atoms with Gasteiger partial charge in [0.25, 0.3) is 0 Å². The Balaban J connectivity index is 1.87. The number of piperidine rings is 1. The van der Waals surface area contributed by atoms with E-state index in [1.165, 1.54) is 0 Å². The topological polar surface area (TPSA) is 70.6 Å². The van der Waals surface area contributed by atoms with Gasteiger partial charge in [-0.2, -0.15) is 0 Å².